The number of thiol groups is 1. The van der Waals surface area contributed by atoms with E-state index in [0.717, 1.165) is 4.90 Å². The van der Waals surface area contributed by atoms with E-state index in [1.807, 2.05) is 4.90 Å². The molecule has 142 valence electrons. The van der Waals surface area contributed by atoms with Crippen molar-refractivity contribution in [1.82, 2.24) is 14.5 Å². The van der Waals surface area contributed by atoms with Crippen LogP contribution < -0.4 is 9.62 Å². The molecule has 0 aliphatic carbocycles. The zero-order chi connectivity index (χ0) is 19.1. The number of likely N-dealkylation sites (N-methyl/N-ethyl adjacent to an activating group) is 2. The molecule has 0 unspecified atom stereocenters. The van der Waals surface area contributed by atoms with Crippen LogP contribution in [-0.4, -0.2) is 62.9 Å². The first-order chi connectivity index (χ1) is 12.3. The molecule has 2 aliphatic rings. The van der Waals surface area contributed by atoms with Crippen LogP contribution in [0, 0.1) is 5.82 Å². The average Bonchev–Trinajstić information content (AvgIpc) is 2.77. The molecule has 1 spiro atoms. The molecule has 2 fully saturated rings. The third-order valence-electron chi connectivity index (χ3n) is 5.31. The molecule has 3 amide bonds. The zero-order valence-corrected chi connectivity index (χ0v) is 15.5. The second kappa shape index (κ2) is 6.84. The van der Waals surface area contributed by atoms with Crippen molar-refractivity contribution in [3.63, 3.8) is 0 Å². The van der Waals surface area contributed by atoms with E-state index in [-0.39, 0.29) is 24.0 Å². The molecule has 8 nitrogen and oxygen atoms in total. The Balaban J connectivity index is 1.71. The summed E-state index contributed by atoms with van der Waals surface area (Å²) in [6, 6.07) is 4.34. The Bertz CT molecular complexity index is 812. The smallest absolute Gasteiger partial charge is 0.327 e. The second-order valence-corrected chi connectivity index (χ2v) is 7.42. The maximum atomic E-state index is 14.2. The molecule has 3 rings (SSSR count). The van der Waals surface area contributed by atoms with Crippen molar-refractivity contribution in [2.24, 2.45) is 0 Å². The van der Waals surface area contributed by atoms with Gasteiger partial charge >= 0.3 is 6.03 Å². The number of carbonyl (C=O) groups excluding carboxylic acids is 2. The van der Waals surface area contributed by atoms with Gasteiger partial charge in [-0.1, -0.05) is 6.07 Å². The van der Waals surface area contributed by atoms with E-state index >= 15 is 0 Å². The van der Waals surface area contributed by atoms with Crippen molar-refractivity contribution in [3.05, 3.63) is 29.6 Å². The summed E-state index contributed by atoms with van der Waals surface area (Å²) >= 11 is 0. The van der Waals surface area contributed by atoms with Gasteiger partial charge in [-0.15, -0.1) is 0 Å². The number of nitrogens with zero attached hydrogens (tertiary/aromatic N) is 3. The predicted octanol–water partition coefficient (Wildman–Crippen LogP) is 0.305. The number of halogens is 1. The summed E-state index contributed by atoms with van der Waals surface area (Å²) < 4.78 is 37.5. The zero-order valence-electron chi connectivity index (χ0n) is 14.6. The number of urea groups is 1. The molecule has 1 N–H and O–H groups in total. The van der Waals surface area contributed by atoms with Gasteiger partial charge < -0.3 is 9.80 Å². The number of benzene rings is 1. The van der Waals surface area contributed by atoms with Crippen LogP contribution in [0.3, 0.4) is 0 Å². The normalized spacial score (nSPS) is 19.9. The van der Waals surface area contributed by atoms with E-state index in [1.165, 1.54) is 18.0 Å². The Morgan fingerprint density at radius 2 is 1.85 bits per heavy atom. The number of nitrogens with one attached hydrogen (secondary N) is 1. The van der Waals surface area contributed by atoms with Gasteiger partial charge in [-0.3, -0.25) is 9.69 Å². The van der Waals surface area contributed by atoms with E-state index in [1.54, 1.807) is 19.2 Å². The molecule has 2 saturated heterocycles. The van der Waals surface area contributed by atoms with Gasteiger partial charge in [0, 0.05) is 45.0 Å². The molecule has 0 aromatic heterocycles. The van der Waals surface area contributed by atoms with Crippen molar-refractivity contribution in [2.75, 3.05) is 32.1 Å². The molecule has 26 heavy (non-hydrogen) atoms. The number of rotatable bonds is 4. The molecule has 0 saturated carbocycles. The van der Waals surface area contributed by atoms with Gasteiger partial charge in [-0.2, -0.15) is 0 Å². The maximum Gasteiger partial charge on any atom is 0.327 e. The minimum atomic E-state index is -2.78. The highest BCUT2D eigenvalue weighted by Crippen LogP contribution is 2.36. The number of amides is 3. The molecule has 0 radical (unpaired) electrons. The number of hydrogen-bond donors (Lipinski definition) is 2. The largest absolute Gasteiger partial charge is 0.371 e. The minimum absolute atomic E-state index is 0.0956. The van der Waals surface area contributed by atoms with Crippen LogP contribution in [0.25, 0.3) is 0 Å². The molecule has 10 heteroatoms. The summed E-state index contributed by atoms with van der Waals surface area (Å²) in [5.74, 6) is -0.680. The van der Waals surface area contributed by atoms with Crippen LogP contribution in [-0.2, 0) is 22.2 Å². The fourth-order valence-corrected chi connectivity index (χ4v) is 3.96. The number of carbonyl (C=O) groups is 2. The first kappa shape index (κ1) is 18.6. The second-order valence-electron chi connectivity index (χ2n) is 6.59. The van der Waals surface area contributed by atoms with Crippen LogP contribution in [0.1, 0.15) is 18.4 Å². The van der Waals surface area contributed by atoms with E-state index in [9.17, 15) is 22.4 Å². The van der Waals surface area contributed by atoms with Crippen molar-refractivity contribution < 1.29 is 22.4 Å². The molecular weight excluding hydrogens is 363 g/mol. The Hall–Kier alpha value is -2.20. The average molecular weight is 384 g/mol. The third kappa shape index (κ3) is 3.03. The first-order valence-electron chi connectivity index (χ1n) is 8.23. The monoisotopic (exact) mass is 384 g/mol. The minimum Gasteiger partial charge on any atom is -0.371 e. The molecule has 0 atom stereocenters. The van der Waals surface area contributed by atoms with Gasteiger partial charge in [-0.25, -0.2) is 22.3 Å². The summed E-state index contributed by atoms with van der Waals surface area (Å²) in [5, 5.41) is 0. The van der Waals surface area contributed by atoms with E-state index < -0.39 is 22.2 Å². The summed E-state index contributed by atoms with van der Waals surface area (Å²) in [6.07, 6.45) is 0.944. The van der Waals surface area contributed by atoms with Crippen molar-refractivity contribution in [2.45, 2.75) is 24.9 Å². The van der Waals surface area contributed by atoms with Gasteiger partial charge in [0.05, 0.1) is 0 Å². The van der Waals surface area contributed by atoms with Gasteiger partial charge in [0.15, 0.2) is 0 Å². The fourth-order valence-electron chi connectivity index (χ4n) is 3.66. The summed E-state index contributed by atoms with van der Waals surface area (Å²) in [4.78, 5) is 29.2. The maximum absolute atomic E-state index is 14.2. The number of anilines is 1. The van der Waals surface area contributed by atoms with Gasteiger partial charge in [0.2, 0.25) is 10.9 Å². The Morgan fingerprint density at radius 3 is 2.35 bits per heavy atom. The topological polar surface area (TPSA) is 90.0 Å². The van der Waals surface area contributed by atoms with Gasteiger partial charge in [0.25, 0.3) is 5.91 Å². The Kier molecular flexibility index (Phi) is 4.89. The Morgan fingerprint density at radius 1 is 1.19 bits per heavy atom. The Labute approximate surface area is 152 Å². The van der Waals surface area contributed by atoms with Crippen LogP contribution in [0.15, 0.2) is 18.2 Å². The first-order valence-corrected chi connectivity index (χ1v) is 9.41. The number of imide groups is 1. The molecule has 2 heterocycles. The van der Waals surface area contributed by atoms with E-state index in [4.69, 9.17) is 0 Å². The van der Waals surface area contributed by atoms with Crippen LogP contribution in [0.4, 0.5) is 14.9 Å². The van der Waals surface area contributed by atoms with E-state index in [0.29, 0.717) is 31.6 Å². The fraction of sp³-hybridized carbons (Fsp3) is 0.500. The summed E-state index contributed by atoms with van der Waals surface area (Å²) in [6.45, 7) is 0.934. The number of piperidine rings is 1. The quantitative estimate of drug-likeness (QED) is 0.576. The van der Waals surface area contributed by atoms with E-state index in [2.05, 4.69) is 4.72 Å². The van der Waals surface area contributed by atoms with Crippen molar-refractivity contribution in [3.8, 4) is 0 Å². The van der Waals surface area contributed by atoms with Crippen LogP contribution in [0.5, 0.6) is 0 Å². The highest BCUT2D eigenvalue weighted by molar-refractivity contribution is 7.70. The lowest BCUT2D eigenvalue weighted by atomic mass is 9.86. The highest BCUT2D eigenvalue weighted by atomic mass is 32.2. The lowest BCUT2D eigenvalue weighted by Gasteiger charge is -2.41. The molecule has 0 bridgehead atoms. The predicted molar refractivity (Wildman–Crippen MR) is 93.7 cm³/mol. The van der Waals surface area contributed by atoms with Crippen LogP contribution >= 0.6 is 0 Å². The number of hydrogen-bond acceptors (Lipinski definition) is 5. The highest BCUT2D eigenvalue weighted by Gasteiger charge is 2.55. The van der Waals surface area contributed by atoms with Gasteiger partial charge in [0.1, 0.15) is 11.4 Å². The van der Waals surface area contributed by atoms with Crippen molar-refractivity contribution >= 4 is 28.5 Å². The van der Waals surface area contributed by atoms with Crippen LogP contribution in [0.2, 0.25) is 0 Å². The lowest BCUT2D eigenvalue weighted by molar-refractivity contribution is -0.133. The molecule has 1 aromatic carbocycles. The standard InChI is InChI=1S/C16H21FN4O4S/c1-19-14(22)16(20(2)15(19)23)5-7-21(8-6-16)12-4-3-11(13(17)9-12)10-18-26(24)25/h3-4,9,26H,5-8,10H2,1-2H3,(H,18,24,25). The molecule has 2 aliphatic heterocycles. The summed E-state index contributed by atoms with van der Waals surface area (Å²) in [7, 11) is 0.350. The summed E-state index contributed by atoms with van der Waals surface area (Å²) in [5.41, 5.74) is 0.115. The molecule has 1 aromatic rings. The van der Waals surface area contributed by atoms with Gasteiger partial charge in [-0.05, 0) is 25.0 Å². The SMILES string of the molecule is CN1C(=O)N(C)C2(CCN(c3ccc(CN[SH](=O)=O)c(F)c3)CC2)C1=O. The van der Waals surface area contributed by atoms with Crippen molar-refractivity contribution in [1.29, 1.82) is 0 Å². The lowest BCUT2D eigenvalue weighted by Crippen LogP contribution is -2.55. The third-order valence-corrected chi connectivity index (χ3v) is 5.73. The molecular formula is C16H21FN4O4S.